The molecule has 0 bridgehead atoms. The van der Waals surface area contributed by atoms with Crippen LogP contribution in [0.1, 0.15) is 0 Å². The van der Waals surface area contributed by atoms with Gasteiger partial charge in [0.1, 0.15) is 11.2 Å². The fraction of sp³-hybridized carbons (Fsp3) is 0. The van der Waals surface area contributed by atoms with Crippen LogP contribution in [-0.2, 0) is 0 Å². The third-order valence-electron chi connectivity index (χ3n) is 11.8. The lowest BCUT2D eigenvalue weighted by Gasteiger charge is -2.50. The van der Waals surface area contributed by atoms with Gasteiger partial charge in [-0.05, 0) is 87.5 Å². The molecule has 0 saturated heterocycles. The van der Waals surface area contributed by atoms with E-state index in [0.717, 1.165) is 27.6 Å². The topological polar surface area (TPSA) is 16.4 Å². The Labute approximate surface area is 341 Å². The summed E-state index contributed by atoms with van der Waals surface area (Å²) >= 11 is 0. The van der Waals surface area contributed by atoms with Crippen molar-refractivity contribution in [2.75, 3.05) is 4.90 Å². The van der Waals surface area contributed by atoms with E-state index < -0.39 is 18.1 Å². The highest BCUT2D eigenvalue weighted by atomic mass is 32.3. The molecule has 9 aromatic carbocycles. The van der Waals surface area contributed by atoms with E-state index in [4.69, 9.17) is 4.42 Å². The van der Waals surface area contributed by atoms with Gasteiger partial charge in [0.15, 0.2) is 8.07 Å². The number of fused-ring (bicyclic) bond motifs is 5. The average molecular weight is 778 g/mol. The Bertz CT molecular complexity index is 2870. The quantitative estimate of drug-likeness (QED) is 0.118. The molecule has 2 nitrogen and oxygen atoms in total. The number of rotatable bonds is 7. The van der Waals surface area contributed by atoms with Gasteiger partial charge < -0.3 is 9.32 Å². The summed E-state index contributed by atoms with van der Waals surface area (Å²) in [6, 6.07) is 87.4. The largest absolute Gasteiger partial charge is 0.456 e. The maximum atomic E-state index is 7.10. The minimum atomic E-state index is -3.05. The number of furan rings is 1. The second-order valence-corrected chi connectivity index (χ2v) is 21.6. The lowest BCUT2D eigenvalue weighted by Crippen LogP contribution is -2.74. The first-order valence-corrected chi connectivity index (χ1v) is 23.5. The van der Waals surface area contributed by atoms with Crippen molar-refractivity contribution in [3.8, 4) is 0 Å². The molecule has 10 aromatic rings. The molecule has 0 unspecified atom stereocenters. The molecule has 11 rings (SSSR count). The minimum Gasteiger partial charge on any atom is -0.456 e. The van der Waals surface area contributed by atoms with Crippen LogP contribution in [0.25, 0.3) is 21.9 Å². The van der Waals surface area contributed by atoms with E-state index >= 15 is 0 Å². The van der Waals surface area contributed by atoms with Crippen molar-refractivity contribution in [3.63, 3.8) is 0 Å². The first kappa shape index (κ1) is 34.4. The molecule has 2 heterocycles. The fourth-order valence-corrected chi connectivity index (χ4v) is 18.5. The predicted molar refractivity (Wildman–Crippen MR) is 246 cm³/mol. The molecule has 1 aliphatic rings. The molecule has 0 atom stereocenters. The van der Waals surface area contributed by atoms with E-state index in [0.29, 0.717) is 0 Å². The van der Waals surface area contributed by atoms with Gasteiger partial charge in [0.25, 0.3) is 0 Å². The predicted octanol–water partition coefficient (Wildman–Crippen LogP) is 12.1. The van der Waals surface area contributed by atoms with Crippen LogP contribution >= 0.6 is 10.0 Å². The zero-order valence-electron chi connectivity index (χ0n) is 31.8. The number of anilines is 3. The van der Waals surface area contributed by atoms with Crippen molar-refractivity contribution < 1.29 is 4.42 Å². The van der Waals surface area contributed by atoms with Gasteiger partial charge >= 0.3 is 0 Å². The number of hydrogen-bond acceptors (Lipinski definition) is 2. The maximum absolute atomic E-state index is 7.10. The van der Waals surface area contributed by atoms with Crippen LogP contribution in [0, 0.1) is 0 Å². The summed E-state index contributed by atoms with van der Waals surface area (Å²) in [5.41, 5.74) is 5.33. The van der Waals surface area contributed by atoms with Crippen LogP contribution in [0.15, 0.2) is 261 Å². The van der Waals surface area contributed by atoms with Crippen LogP contribution in [-0.4, -0.2) is 8.07 Å². The van der Waals surface area contributed by atoms with Crippen molar-refractivity contribution in [2.45, 2.75) is 19.6 Å². The van der Waals surface area contributed by atoms with Gasteiger partial charge in [0.2, 0.25) is 0 Å². The number of hydrogen-bond donors (Lipinski definition) is 0. The van der Waals surface area contributed by atoms with Gasteiger partial charge in [-0.15, -0.1) is 10.0 Å². The molecule has 276 valence electrons. The second-order valence-electron chi connectivity index (χ2n) is 14.8. The number of para-hydroxylation sites is 3. The first-order chi connectivity index (χ1) is 28.8. The summed E-state index contributed by atoms with van der Waals surface area (Å²) in [6.07, 6.45) is 0. The third kappa shape index (κ3) is 5.05. The van der Waals surface area contributed by atoms with Gasteiger partial charge in [-0.2, -0.15) is 0 Å². The molecule has 58 heavy (non-hydrogen) atoms. The Morgan fingerprint density at radius 1 is 0.379 bits per heavy atom. The van der Waals surface area contributed by atoms with Gasteiger partial charge in [-0.3, -0.25) is 0 Å². The molecular formula is C54H39NOSSi. The Hall–Kier alpha value is -6.85. The summed E-state index contributed by atoms with van der Waals surface area (Å²) in [6.45, 7) is 0. The molecule has 0 radical (unpaired) electrons. The minimum absolute atomic E-state index is 0.893. The summed E-state index contributed by atoms with van der Waals surface area (Å²) in [5, 5.41) is 7.38. The highest BCUT2D eigenvalue weighted by Gasteiger charge is 2.46. The highest BCUT2D eigenvalue weighted by Crippen LogP contribution is 2.79. The normalized spacial score (nSPS) is 13.8. The maximum Gasteiger partial charge on any atom is 0.184 e. The number of nitrogens with zero attached hydrogens (tertiary/aromatic N) is 1. The Balaban J connectivity index is 1.29. The third-order valence-corrected chi connectivity index (χ3v) is 20.6. The second kappa shape index (κ2) is 14.0. The van der Waals surface area contributed by atoms with Crippen LogP contribution in [0.4, 0.5) is 17.1 Å². The van der Waals surface area contributed by atoms with Crippen molar-refractivity contribution >= 4 is 77.8 Å². The summed E-state index contributed by atoms with van der Waals surface area (Å²) in [4.78, 5) is 7.82. The Morgan fingerprint density at radius 2 is 0.793 bits per heavy atom. The van der Waals surface area contributed by atoms with Crippen molar-refractivity contribution in [1.82, 2.24) is 0 Å². The smallest absolute Gasteiger partial charge is 0.184 e. The average Bonchev–Trinajstić information content (AvgIpc) is 3.69. The van der Waals surface area contributed by atoms with Crippen LogP contribution in [0.2, 0.25) is 0 Å². The zero-order valence-corrected chi connectivity index (χ0v) is 33.6. The van der Waals surface area contributed by atoms with Crippen molar-refractivity contribution in [3.05, 3.63) is 237 Å². The zero-order chi connectivity index (χ0) is 38.5. The standard InChI is InChI=1S/C54H39NOSSi/c1-6-22-41(23-7-1)57(42-24-8-2-9-25-42)51-36-20-17-33-48(51)55(49-34-18-21-37-52(49)57)40-38-47-46-32-16-19-35-50(46)56-54(47)53(39-40)58(43-26-10-3-11-27-43,44-28-12-4-13-29-44)45-30-14-5-15-31-45/h1-39H. The number of benzene rings is 9. The summed E-state index contributed by atoms with van der Waals surface area (Å²) in [5.74, 6) is 0. The molecule has 0 saturated carbocycles. The van der Waals surface area contributed by atoms with Crippen LogP contribution in [0.5, 0.6) is 0 Å². The van der Waals surface area contributed by atoms with Gasteiger partial charge in [-0.25, -0.2) is 0 Å². The molecular weight excluding hydrogens is 739 g/mol. The molecule has 1 aliphatic heterocycles. The van der Waals surface area contributed by atoms with E-state index in [2.05, 4.69) is 241 Å². The van der Waals surface area contributed by atoms with Crippen LogP contribution < -0.4 is 25.6 Å². The van der Waals surface area contributed by atoms with E-state index in [1.54, 1.807) is 0 Å². The van der Waals surface area contributed by atoms with Gasteiger partial charge in [0.05, 0.1) is 11.4 Å². The molecule has 4 heteroatoms. The lowest BCUT2D eigenvalue weighted by atomic mass is 10.1. The van der Waals surface area contributed by atoms with Crippen molar-refractivity contribution in [1.29, 1.82) is 0 Å². The van der Waals surface area contributed by atoms with E-state index in [1.165, 1.54) is 51.7 Å². The van der Waals surface area contributed by atoms with E-state index in [9.17, 15) is 0 Å². The fourth-order valence-electron chi connectivity index (χ4n) is 9.47. The van der Waals surface area contributed by atoms with Crippen LogP contribution in [0.3, 0.4) is 0 Å². The van der Waals surface area contributed by atoms with E-state index in [1.807, 2.05) is 0 Å². The summed E-state index contributed by atoms with van der Waals surface area (Å²) in [7, 11) is -4.95. The van der Waals surface area contributed by atoms with Crippen molar-refractivity contribution in [2.24, 2.45) is 0 Å². The highest BCUT2D eigenvalue weighted by molar-refractivity contribution is 8.34. The van der Waals surface area contributed by atoms with E-state index in [-0.39, 0.29) is 0 Å². The molecule has 0 N–H and O–H groups in total. The lowest BCUT2D eigenvalue weighted by molar-refractivity contribution is 0.671. The molecule has 0 aliphatic carbocycles. The molecule has 0 amide bonds. The van der Waals surface area contributed by atoms with Gasteiger partial charge in [-0.1, -0.05) is 170 Å². The monoisotopic (exact) mass is 777 g/mol. The Morgan fingerprint density at radius 3 is 1.29 bits per heavy atom. The molecule has 0 fully saturated rings. The van der Waals surface area contributed by atoms with Gasteiger partial charge in [0, 0.05) is 36.0 Å². The first-order valence-electron chi connectivity index (χ1n) is 19.8. The Kier molecular flexibility index (Phi) is 8.28. The summed E-state index contributed by atoms with van der Waals surface area (Å²) < 4.78 is 7.10. The molecule has 0 spiro atoms. The molecule has 1 aromatic heterocycles. The SMILES string of the molecule is c1ccc([Si](c2ccccc2)(c2ccccc2)c2cc(N3c4ccccc4S(c4ccccc4)(c4ccccc4)c4ccccc43)cc3c2oc2ccccc23)cc1.